The van der Waals surface area contributed by atoms with Gasteiger partial charge in [0.2, 0.25) is 5.67 Å². The molecule has 2 atom stereocenters. The fourth-order valence-electron chi connectivity index (χ4n) is 0.967. The molecule has 0 saturated heterocycles. The highest BCUT2D eigenvalue weighted by molar-refractivity contribution is 5.62. The molecule has 78 valence electrons. The van der Waals surface area contributed by atoms with Crippen LogP contribution in [-0.4, -0.2) is 18.1 Å². The van der Waals surface area contributed by atoms with Crippen molar-refractivity contribution in [1.82, 2.24) is 0 Å². The molecule has 0 aromatic heterocycles. The molecule has 0 N–H and O–H groups in total. The van der Waals surface area contributed by atoms with Crippen LogP contribution in [-0.2, 0) is 4.79 Å². The summed E-state index contributed by atoms with van der Waals surface area (Å²) in [6, 6.07) is 0. The number of carbonyl (C=O) groups excluding carboxylic acids is 1. The first-order chi connectivity index (χ1) is 6.30. The molecule has 6 heteroatoms. The van der Waals surface area contributed by atoms with Crippen molar-refractivity contribution >= 4 is 6.29 Å². The van der Waals surface area contributed by atoms with E-state index in [4.69, 9.17) is 0 Å². The van der Waals surface area contributed by atoms with Crippen LogP contribution in [0.4, 0.5) is 22.0 Å². The molecule has 0 aromatic carbocycles. The maximum Gasteiger partial charge on any atom is 0.429 e. The zero-order chi connectivity index (χ0) is 11.0. The third kappa shape index (κ3) is 1.69. The van der Waals surface area contributed by atoms with Crippen LogP contribution in [0.2, 0.25) is 0 Å². The van der Waals surface area contributed by atoms with E-state index in [9.17, 15) is 26.7 Å². The lowest BCUT2D eigenvalue weighted by atomic mass is 9.93. The van der Waals surface area contributed by atoms with Crippen molar-refractivity contribution in [3.8, 4) is 0 Å². The van der Waals surface area contributed by atoms with Gasteiger partial charge in [0.05, 0.1) is 5.92 Å². The first-order valence-corrected chi connectivity index (χ1v) is 3.59. The molecule has 14 heavy (non-hydrogen) atoms. The Hall–Kier alpha value is -1.20. The van der Waals surface area contributed by atoms with Gasteiger partial charge in [-0.25, -0.2) is 8.78 Å². The van der Waals surface area contributed by atoms with Crippen LogP contribution in [0.25, 0.3) is 0 Å². The average Bonchev–Trinajstić information content (AvgIpc) is 2.02. The Kier molecular flexibility index (Phi) is 2.47. The maximum absolute atomic E-state index is 13.0. The summed E-state index contributed by atoms with van der Waals surface area (Å²) < 4.78 is 61.7. The molecule has 1 aliphatic rings. The van der Waals surface area contributed by atoms with Crippen LogP contribution in [0, 0.1) is 5.92 Å². The van der Waals surface area contributed by atoms with Gasteiger partial charge in [0.15, 0.2) is 0 Å². The predicted octanol–water partition coefficient (Wildman–Crippen LogP) is 2.50. The highest BCUT2D eigenvalue weighted by Gasteiger charge is 2.54. The minimum Gasteiger partial charge on any atom is -0.302 e. The molecule has 0 aliphatic heterocycles. The molecule has 0 amide bonds. The molecule has 0 bridgehead atoms. The van der Waals surface area contributed by atoms with E-state index in [1.165, 1.54) is 0 Å². The van der Waals surface area contributed by atoms with Gasteiger partial charge in [-0.2, -0.15) is 13.2 Å². The van der Waals surface area contributed by atoms with Crippen LogP contribution in [0.3, 0.4) is 0 Å². The molecule has 1 aliphatic carbocycles. The quantitative estimate of drug-likeness (QED) is 0.370. The largest absolute Gasteiger partial charge is 0.429 e. The van der Waals surface area contributed by atoms with Gasteiger partial charge < -0.3 is 4.79 Å². The van der Waals surface area contributed by atoms with Gasteiger partial charge >= 0.3 is 6.18 Å². The monoisotopic (exact) mass is 212 g/mol. The summed E-state index contributed by atoms with van der Waals surface area (Å²) in [6.45, 7) is 0. The van der Waals surface area contributed by atoms with Gasteiger partial charge in [-0.3, -0.25) is 0 Å². The number of hydrogen-bond donors (Lipinski definition) is 0. The van der Waals surface area contributed by atoms with Crippen LogP contribution in [0.15, 0.2) is 24.1 Å². The number of carbonyl (C=O) groups is 1. The molecule has 1 rings (SSSR count). The van der Waals surface area contributed by atoms with Crippen LogP contribution < -0.4 is 0 Å². The molecule has 2 unspecified atom stereocenters. The van der Waals surface area contributed by atoms with Crippen LogP contribution in [0.5, 0.6) is 0 Å². The standard InChI is InChI=1S/C8H5F5O/c9-6-3-7(10,8(11,12)13)2-1-5(6)4-14/h1-5H. The van der Waals surface area contributed by atoms with Crippen molar-refractivity contribution in [1.29, 1.82) is 0 Å². The van der Waals surface area contributed by atoms with Crippen molar-refractivity contribution < 1.29 is 26.7 Å². The Morgan fingerprint density at radius 2 is 2.00 bits per heavy atom. The van der Waals surface area contributed by atoms with E-state index >= 15 is 0 Å². The Bertz CT molecular complexity index is 303. The van der Waals surface area contributed by atoms with Crippen molar-refractivity contribution in [3.05, 3.63) is 24.1 Å². The van der Waals surface area contributed by atoms with E-state index < -0.39 is 23.6 Å². The minimum atomic E-state index is -5.21. The SMILES string of the molecule is O=CC1C=CC(F)(C(F)(F)F)C=C1F. The molecule has 0 spiro atoms. The third-order valence-corrected chi connectivity index (χ3v) is 1.79. The fourth-order valence-corrected chi connectivity index (χ4v) is 0.967. The molecule has 0 heterocycles. The Morgan fingerprint density at radius 1 is 1.43 bits per heavy atom. The van der Waals surface area contributed by atoms with E-state index in [2.05, 4.69) is 0 Å². The normalized spacial score (nSPS) is 32.6. The fraction of sp³-hybridized carbons (Fsp3) is 0.375. The molecule has 0 radical (unpaired) electrons. The summed E-state index contributed by atoms with van der Waals surface area (Å²) in [7, 11) is 0. The first kappa shape index (κ1) is 10.9. The number of rotatable bonds is 1. The lowest BCUT2D eigenvalue weighted by Crippen LogP contribution is -2.39. The van der Waals surface area contributed by atoms with Gasteiger partial charge in [0.1, 0.15) is 12.1 Å². The van der Waals surface area contributed by atoms with Gasteiger partial charge in [-0.1, -0.05) is 6.08 Å². The first-order valence-electron chi connectivity index (χ1n) is 3.59. The van der Waals surface area contributed by atoms with E-state index in [0.717, 1.165) is 0 Å². The number of halogens is 5. The Morgan fingerprint density at radius 3 is 2.36 bits per heavy atom. The van der Waals surface area contributed by atoms with E-state index in [0.29, 0.717) is 6.08 Å². The van der Waals surface area contributed by atoms with Crippen LogP contribution in [0.1, 0.15) is 0 Å². The second-order valence-electron chi connectivity index (χ2n) is 2.82. The number of aldehydes is 1. The highest BCUT2D eigenvalue weighted by Crippen LogP contribution is 2.40. The topological polar surface area (TPSA) is 17.1 Å². The lowest BCUT2D eigenvalue weighted by molar-refractivity contribution is -0.196. The lowest BCUT2D eigenvalue weighted by Gasteiger charge is -2.24. The molecular weight excluding hydrogens is 207 g/mol. The highest BCUT2D eigenvalue weighted by atomic mass is 19.4. The number of allylic oxidation sites excluding steroid dienone is 4. The molecule has 1 nitrogen and oxygen atoms in total. The Labute approximate surface area is 75.9 Å². The van der Waals surface area contributed by atoms with Crippen molar-refractivity contribution in [3.63, 3.8) is 0 Å². The average molecular weight is 212 g/mol. The van der Waals surface area contributed by atoms with E-state index in [1.54, 1.807) is 0 Å². The van der Waals surface area contributed by atoms with Crippen LogP contribution >= 0.6 is 0 Å². The van der Waals surface area contributed by atoms with E-state index in [-0.39, 0.29) is 18.4 Å². The number of hydrogen-bond acceptors (Lipinski definition) is 1. The van der Waals surface area contributed by atoms with Gasteiger partial charge in [0, 0.05) is 0 Å². The van der Waals surface area contributed by atoms with Gasteiger partial charge in [-0.15, -0.1) is 0 Å². The van der Waals surface area contributed by atoms with Gasteiger partial charge in [-0.05, 0) is 12.2 Å². The van der Waals surface area contributed by atoms with Crippen molar-refractivity contribution in [2.24, 2.45) is 5.92 Å². The summed E-state index contributed by atoms with van der Waals surface area (Å²) in [5.41, 5.74) is -3.81. The summed E-state index contributed by atoms with van der Waals surface area (Å²) in [6.07, 6.45) is -4.66. The molecule has 0 saturated carbocycles. The summed E-state index contributed by atoms with van der Waals surface area (Å²) in [5, 5.41) is 0. The number of alkyl halides is 4. The second kappa shape index (κ2) is 3.18. The summed E-state index contributed by atoms with van der Waals surface area (Å²) in [5.74, 6) is -2.84. The zero-order valence-corrected chi connectivity index (χ0v) is 6.68. The molecular formula is C8H5F5O. The van der Waals surface area contributed by atoms with Crippen molar-refractivity contribution in [2.75, 3.05) is 0 Å². The van der Waals surface area contributed by atoms with Crippen molar-refractivity contribution in [2.45, 2.75) is 11.8 Å². The second-order valence-corrected chi connectivity index (χ2v) is 2.82. The maximum atomic E-state index is 13.0. The third-order valence-electron chi connectivity index (χ3n) is 1.79. The predicted molar refractivity (Wildman–Crippen MR) is 37.8 cm³/mol. The van der Waals surface area contributed by atoms with Gasteiger partial charge in [0.25, 0.3) is 0 Å². The molecule has 0 fully saturated rings. The van der Waals surface area contributed by atoms with E-state index in [1.807, 2.05) is 0 Å². The summed E-state index contributed by atoms with van der Waals surface area (Å²) in [4.78, 5) is 10.1. The summed E-state index contributed by atoms with van der Waals surface area (Å²) >= 11 is 0. The molecule has 0 aromatic rings. The Balaban J connectivity index is 3.04. The smallest absolute Gasteiger partial charge is 0.302 e. The minimum absolute atomic E-state index is 0.0955. The zero-order valence-electron chi connectivity index (χ0n) is 6.68.